The maximum atomic E-state index is 10.6. The van der Waals surface area contributed by atoms with Crippen LogP contribution in [0.25, 0.3) is 0 Å². The van der Waals surface area contributed by atoms with E-state index in [1.54, 1.807) is 31.5 Å². The van der Waals surface area contributed by atoms with Gasteiger partial charge in [-0.2, -0.15) is 5.06 Å². The minimum atomic E-state index is -0.871. The van der Waals surface area contributed by atoms with E-state index in [0.717, 1.165) is 5.56 Å². The van der Waals surface area contributed by atoms with E-state index in [0.29, 0.717) is 5.06 Å². The average molecular weight is 181 g/mol. The lowest BCUT2D eigenvalue weighted by Crippen LogP contribution is -2.34. The van der Waals surface area contributed by atoms with Gasteiger partial charge in [0.05, 0.1) is 6.04 Å². The van der Waals surface area contributed by atoms with Gasteiger partial charge < -0.3 is 5.73 Å². The van der Waals surface area contributed by atoms with Gasteiger partial charge in [0, 0.05) is 12.4 Å². The molecule has 5 nitrogen and oxygen atoms in total. The number of amides is 2. The fraction of sp³-hybridized carbons (Fsp3) is 0.250. The first-order valence-corrected chi connectivity index (χ1v) is 3.80. The maximum Gasteiger partial charge on any atom is 0.339 e. The molecule has 0 saturated heterocycles. The largest absolute Gasteiger partial charge is 0.350 e. The Labute approximate surface area is 75.8 Å². The fourth-order valence-electron chi connectivity index (χ4n) is 0.974. The van der Waals surface area contributed by atoms with Gasteiger partial charge in [-0.3, -0.25) is 10.2 Å². The van der Waals surface area contributed by atoms with Crippen molar-refractivity contribution >= 4 is 6.03 Å². The van der Waals surface area contributed by atoms with Gasteiger partial charge in [0.1, 0.15) is 0 Å². The molecule has 1 aromatic rings. The van der Waals surface area contributed by atoms with E-state index in [4.69, 9.17) is 5.73 Å². The molecule has 0 saturated carbocycles. The van der Waals surface area contributed by atoms with Crippen LogP contribution >= 0.6 is 0 Å². The third-order valence-corrected chi connectivity index (χ3v) is 1.78. The second-order valence-electron chi connectivity index (χ2n) is 2.64. The Morgan fingerprint density at radius 2 is 2.15 bits per heavy atom. The van der Waals surface area contributed by atoms with Crippen LogP contribution in [0.4, 0.5) is 4.79 Å². The molecule has 1 rings (SSSR count). The summed E-state index contributed by atoms with van der Waals surface area (Å²) in [4.78, 5) is 14.4. The van der Waals surface area contributed by atoms with E-state index in [9.17, 15) is 10.0 Å². The lowest BCUT2D eigenvalue weighted by molar-refractivity contribution is -0.0710. The second kappa shape index (κ2) is 3.86. The van der Waals surface area contributed by atoms with Crippen molar-refractivity contribution < 1.29 is 10.0 Å². The van der Waals surface area contributed by atoms with Crippen LogP contribution in [-0.4, -0.2) is 21.3 Å². The summed E-state index contributed by atoms with van der Waals surface area (Å²) in [6, 6.07) is 2.08. The molecule has 2 amide bonds. The summed E-state index contributed by atoms with van der Waals surface area (Å²) in [7, 11) is 0. The Morgan fingerprint density at radius 3 is 2.62 bits per heavy atom. The summed E-state index contributed by atoms with van der Waals surface area (Å²) in [6.07, 6.45) is 3.17. The summed E-state index contributed by atoms with van der Waals surface area (Å²) in [5.41, 5.74) is 5.67. The molecule has 1 heterocycles. The molecule has 0 aliphatic rings. The monoisotopic (exact) mass is 181 g/mol. The van der Waals surface area contributed by atoms with Crippen molar-refractivity contribution in [3.8, 4) is 0 Å². The van der Waals surface area contributed by atoms with Crippen LogP contribution in [-0.2, 0) is 0 Å². The molecule has 3 N–H and O–H groups in total. The fourth-order valence-corrected chi connectivity index (χ4v) is 0.974. The first kappa shape index (κ1) is 9.47. The molecule has 0 aliphatic carbocycles. The molecule has 0 bridgehead atoms. The smallest absolute Gasteiger partial charge is 0.339 e. The van der Waals surface area contributed by atoms with Crippen LogP contribution in [0.3, 0.4) is 0 Å². The van der Waals surface area contributed by atoms with Crippen LogP contribution < -0.4 is 5.73 Å². The second-order valence-corrected chi connectivity index (χ2v) is 2.64. The molecular formula is C8H11N3O2. The number of carbonyl (C=O) groups excluding carboxylic acids is 1. The molecule has 1 aromatic heterocycles. The Kier molecular flexibility index (Phi) is 2.81. The molecule has 5 heteroatoms. The van der Waals surface area contributed by atoms with Gasteiger partial charge in [0.2, 0.25) is 0 Å². The highest BCUT2D eigenvalue weighted by atomic mass is 16.5. The zero-order valence-corrected chi connectivity index (χ0v) is 7.21. The maximum absolute atomic E-state index is 10.6. The Morgan fingerprint density at radius 1 is 1.62 bits per heavy atom. The van der Waals surface area contributed by atoms with Gasteiger partial charge >= 0.3 is 6.03 Å². The minimum absolute atomic E-state index is 0.458. The van der Waals surface area contributed by atoms with Crippen molar-refractivity contribution in [2.75, 3.05) is 0 Å². The number of hydrogen-bond donors (Lipinski definition) is 2. The van der Waals surface area contributed by atoms with E-state index in [1.807, 2.05) is 0 Å². The third kappa shape index (κ3) is 2.16. The molecule has 0 aromatic carbocycles. The molecule has 0 spiro atoms. The molecule has 1 unspecified atom stereocenters. The number of hydroxylamine groups is 2. The van der Waals surface area contributed by atoms with E-state index in [2.05, 4.69) is 4.98 Å². The van der Waals surface area contributed by atoms with Crippen LogP contribution in [0.1, 0.15) is 18.5 Å². The van der Waals surface area contributed by atoms with Crippen molar-refractivity contribution in [2.24, 2.45) is 5.73 Å². The standard InChI is InChI=1S/C8H11N3O2/c1-6(11(13)8(9)12)7-2-4-10-5-3-7/h2-6,13H,1H3,(H2,9,12). The van der Waals surface area contributed by atoms with Gasteiger partial charge in [-0.15, -0.1) is 0 Å². The third-order valence-electron chi connectivity index (χ3n) is 1.78. The van der Waals surface area contributed by atoms with E-state index >= 15 is 0 Å². The Bertz CT molecular complexity index is 289. The number of nitrogens with zero attached hydrogens (tertiary/aromatic N) is 2. The van der Waals surface area contributed by atoms with Crippen molar-refractivity contribution in [3.63, 3.8) is 0 Å². The van der Waals surface area contributed by atoms with Crippen LogP contribution in [0.15, 0.2) is 24.5 Å². The van der Waals surface area contributed by atoms with Gasteiger partial charge in [-0.05, 0) is 24.6 Å². The highest BCUT2D eigenvalue weighted by molar-refractivity contribution is 5.71. The SMILES string of the molecule is CC(c1ccncc1)N(O)C(N)=O. The molecule has 70 valence electrons. The van der Waals surface area contributed by atoms with Crippen LogP contribution in [0, 0.1) is 0 Å². The molecule has 0 radical (unpaired) electrons. The van der Waals surface area contributed by atoms with Crippen molar-refractivity contribution in [2.45, 2.75) is 13.0 Å². The number of urea groups is 1. The lowest BCUT2D eigenvalue weighted by Gasteiger charge is -2.20. The van der Waals surface area contributed by atoms with Gasteiger partial charge in [-0.25, -0.2) is 4.79 Å². The van der Waals surface area contributed by atoms with Crippen molar-refractivity contribution in [1.82, 2.24) is 10.0 Å². The summed E-state index contributed by atoms with van der Waals surface area (Å²) >= 11 is 0. The number of carbonyl (C=O) groups is 1. The van der Waals surface area contributed by atoms with Gasteiger partial charge in [0.15, 0.2) is 0 Å². The minimum Gasteiger partial charge on any atom is -0.350 e. The average Bonchev–Trinajstić information content (AvgIpc) is 2.17. The number of pyridine rings is 1. The normalized spacial score (nSPS) is 12.2. The highest BCUT2D eigenvalue weighted by Crippen LogP contribution is 2.16. The lowest BCUT2D eigenvalue weighted by atomic mass is 10.1. The van der Waals surface area contributed by atoms with E-state index in [-0.39, 0.29) is 0 Å². The number of hydrogen-bond acceptors (Lipinski definition) is 3. The quantitative estimate of drug-likeness (QED) is 0.525. The summed E-state index contributed by atoms with van der Waals surface area (Å²) in [5, 5.41) is 9.67. The predicted octanol–water partition coefficient (Wildman–Crippen LogP) is 0.913. The molecule has 0 fully saturated rings. The molecule has 1 atom stereocenters. The Balaban J connectivity index is 2.79. The van der Waals surface area contributed by atoms with Gasteiger partial charge in [0.25, 0.3) is 0 Å². The first-order valence-electron chi connectivity index (χ1n) is 3.80. The predicted molar refractivity (Wildman–Crippen MR) is 45.9 cm³/mol. The topological polar surface area (TPSA) is 79.4 Å². The summed E-state index contributed by atoms with van der Waals surface area (Å²) in [5.74, 6) is 0. The zero-order chi connectivity index (χ0) is 9.84. The molecule has 13 heavy (non-hydrogen) atoms. The number of aromatic nitrogens is 1. The van der Waals surface area contributed by atoms with E-state index < -0.39 is 12.1 Å². The number of nitrogens with two attached hydrogens (primary N) is 1. The van der Waals surface area contributed by atoms with E-state index in [1.165, 1.54) is 0 Å². The summed E-state index contributed by atoms with van der Waals surface area (Å²) < 4.78 is 0. The highest BCUT2D eigenvalue weighted by Gasteiger charge is 2.16. The van der Waals surface area contributed by atoms with Gasteiger partial charge in [-0.1, -0.05) is 0 Å². The van der Waals surface area contributed by atoms with Crippen LogP contribution in [0.2, 0.25) is 0 Å². The van der Waals surface area contributed by atoms with Crippen LogP contribution in [0.5, 0.6) is 0 Å². The Hall–Kier alpha value is -1.62. The van der Waals surface area contributed by atoms with Crippen molar-refractivity contribution in [1.29, 1.82) is 0 Å². The van der Waals surface area contributed by atoms with Crippen molar-refractivity contribution in [3.05, 3.63) is 30.1 Å². The first-order chi connectivity index (χ1) is 6.13. The zero-order valence-electron chi connectivity index (χ0n) is 7.21. The summed E-state index contributed by atoms with van der Waals surface area (Å²) in [6.45, 7) is 1.67. The molecular weight excluding hydrogens is 170 g/mol. The number of rotatable bonds is 2. The molecule has 0 aliphatic heterocycles. The number of primary amides is 1.